The molecule has 8 heteroatoms. The van der Waals surface area contributed by atoms with E-state index in [0.29, 0.717) is 22.7 Å². The van der Waals surface area contributed by atoms with Crippen molar-refractivity contribution in [3.8, 4) is 23.0 Å². The zero-order chi connectivity index (χ0) is 20.5. The summed E-state index contributed by atoms with van der Waals surface area (Å²) >= 11 is 0. The molecule has 6 nitrogen and oxygen atoms in total. The molecule has 2 aromatic rings. The van der Waals surface area contributed by atoms with E-state index in [1.165, 1.54) is 44.6 Å². The van der Waals surface area contributed by atoms with Crippen LogP contribution in [0.25, 0.3) is 6.08 Å². The van der Waals surface area contributed by atoms with E-state index in [1.807, 2.05) is 0 Å². The number of anilines is 1. The van der Waals surface area contributed by atoms with Gasteiger partial charge >= 0.3 is 6.61 Å². The lowest BCUT2D eigenvalue weighted by atomic mass is 10.2. The Morgan fingerprint density at radius 3 is 2.46 bits per heavy atom. The second-order valence-corrected chi connectivity index (χ2v) is 5.41. The number of hydrogen-bond acceptors (Lipinski definition) is 5. The van der Waals surface area contributed by atoms with Gasteiger partial charge in [-0.3, -0.25) is 4.79 Å². The average Bonchev–Trinajstić information content (AvgIpc) is 2.68. The first-order chi connectivity index (χ1) is 13.5. The molecule has 0 bridgehead atoms. The maximum atomic E-state index is 12.5. The summed E-state index contributed by atoms with van der Waals surface area (Å²) in [5, 5.41) is 2.70. The Bertz CT molecular complexity index is 839. The number of nitrogens with one attached hydrogen (secondary N) is 1. The Balaban J connectivity index is 2.14. The predicted octanol–water partition coefficient (Wildman–Crippen LogP) is 4.36. The summed E-state index contributed by atoms with van der Waals surface area (Å²) in [5.74, 6) is 0.738. The van der Waals surface area contributed by atoms with Gasteiger partial charge < -0.3 is 24.3 Å². The quantitative estimate of drug-likeness (QED) is 0.642. The first kappa shape index (κ1) is 21.0. The maximum Gasteiger partial charge on any atom is 0.387 e. The minimum absolute atomic E-state index is 0.0698. The van der Waals surface area contributed by atoms with Gasteiger partial charge in [-0.05, 0) is 42.8 Å². The lowest BCUT2D eigenvalue weighted by Crippen LogP contribution is -2.09. The van der Waals surface area contributed by atoms with Crippen LogP contribution in [0, 0.1) is 0 Å². The molecule has 1 amide bonds. The smallest absolute Gasteiger partial charge is 0.387 e. The van der Waals surface area contributed by atoms with Gasteiger partial charge in [0.1, 0.15) is 11.5 Å². The van der Waals surface area contributed by atoms with Crippen LogP contribution in [-0.4, -0.2) is 33.3 Å². The Morgan fingerprint density at radius 2 is 1.82 bits per heavy atom. The van der Waals surface area contributed by atoms with Crippen molar-refractivity contribution in [3.63, 3.8) is 0 Å². The molecule has 28 heavy (non-hydrogen) atoms. The normalized spacial score (nSPS) is 10.8. The van der Waals surface area contributed by atoms with Gasteiger partial charge in [0.2, 0.25) is 5.91 Å². The lowest BCUT2D eigenvalue weighted by Gasteiger charge is -2.12. The summed E-state index contributed by atoms with van der Waals surface area (Å²) in [5.41, 5.74) is 1.03. The van der Waals surface area contributed by atoms with Crippen LogP contribution in [0.4, 0.5) is 14.5 Å². The molecular weight excluding hydrogens is 372 g/mol. The summed E-state index contributed by atoms with van der Waals surface area (Å²) < 4.78 is 45.0. The van der Waals surface area contributed by atoms with Crippen LogP contribution in [0.1, 0.15) is 12.5 Å². The number of carbonyl (C=O) groups is 1. The van der Waals surface area contributed by atoms with Crippen LogP contribution < -0.4 is 24.3 Å². The molecule has 0 aliphatic heterocycles. The highest BCUT2D eigenvalue weighted by atomic mass is 19.3. The third kappa shape index (κ3) is 5.87. The highest BCUT2D eigenvalue weighted by Gasteiger charge is 2.11. The van der Waals surface area contributed by atoms with E-state index in [2.05, 4.69) is 10.1 Å². The average molecular weight is 393 g/mol. The molecule has 0 saturated heterocycles. The Hall–Kier alpha value is -3.29. The number of rotatable bonds is 9. The van der Waals surface area contributed by atoms with E-state index < -0.39 is 12.5 Å². The number of alkyl halides is 2. The molecular formula is C20H21F2NO5. The fourth-order valence-electron chi connectivity index (χ4n) is 2.35. The number of benzene rings is 2. The van der Waals surface area contributed by atoms with Crippen molar-refractivity contribution in [2.45, 2.75) is 13.5 Å². The molecule has 0 aliphatic carbocycles. The fourth-order valence-corrected chi connectivity index (χ4v) is 2.35. The summed E-state index contributed by atoms with van der Waals surface area (Å²) in [6.07, 6.45) is 2.83. The van der Waals surface area contributed by atoms with Crippen molar-refractivity contribution in [1.82, 2.24) is 0 Å². The Kier molecular flexibility index (Phi) is 7.62. The number of halogens is 2. The largest absolute Gasteiger partial charge is 0.497 e. The first-order valence-corrected chi connectivity index (χ1v) is 8.39. The predicted molar refractivity (Wildman–Crippen MR) is 101 cm³/mol. The van der Waals surface area contributed by atoms with Crippen molar-refractivity contribution in [2.75, 3.05) is 26.1 Å². The van der Waals surface area contributed by atoms with Gasteiger partial charge in [-0.25, -0.2) is 0 Å². The lowest BCUT2D eigenvalue weighted by molar-refractivity contribution is -0.111. The van der Waals surface area contributed by atoms with Gasteiger partial charge in [-0.15, -0.1) is 0 Å². The SMILES string of the molecule is CCOc1cc(/C=C/C(=O)Nc2cc(OC)ccc2OC)ccc1OC(F)F. The number of amides is 1. The van der Waals surface area contributed by atoms with Crippen LogP contribution in [0.3, 0.4) is 0 Å². The molecule has 0 heterocycles. The molecule has 0 aromatic heterocycles. The minimum atomic E-state index is -2.95. The highest BCUT2D eigenvalue weighted by Crippen LogP contribution is 2.31. The van der Waals surface area contributed by atoms with Crippen molar-refractivity contribution >= 4 is 17.7 Å². The summed E-state index contributed by atoms with van der Waals surface area (Å²) in [4.78, 5) is 12.2. The van der Waals surface area contributed by atoms with Crippen LogP contribution >= 0.6 is 0 Å². The van der Waals surface area contributed by atoms with Crippen LogP contribution in [-0.2, 0) is 4.79 Å². The molecule has 0 unspecified atom stereocenters. The Morgan fingerprint density at radius 1 is 1.07 bits per heavy atom. The molecule has 0 spiro atoms. The molecule has 1 N–H and O–H groups in total. The molecule has 2 aromatic carbocycles. The van der Waals surface area contributed by atoms with E-state index in [1.54, 1.807) is 25.1 Å². The number of carbonyl (C=O) groups excluding carboxylic acids is 1. The third-order valence-corrected chi connectivity index (χ3v) is 3.58. The third-order valence-electron chi connectivity index (χ3n) is 3.58. The van der Waals surface area contributed by atoms with Gasteiger partial charge in [0.15, 0.2) is 11.5 Å². The monoisotopic (exact) mass is 393 g/mol. The molecule has 150 valence electrons. The van der Waals surface area contributed by atoms with Crippen LogP contribution in [0.5, 0.6) is 23.0 Å². The van der Waals surface area contributed by atoms with Crippen molar-refractivity contribution in [2.24, 2.45) is 0 Å². The summed E-state index contributed by atoms with van der Waals surface area (Å²) in [6.45, 7) is -0.948. The molecule has 0 aliphatic rings. The topological polar surface area (TPSA) is 66.0 Å². The van der Waals surface area contributed by atoms with Gasteiger partial charge in [0.05, 0.1) is 26.5 Å². The minimum Gasteiger partial charge on any atom is -0.497 e. The number of methoxy groups -OCH3 is 2. The molecule has 2 rings (SSSR count). The van der Waals surface area contributed by atoms with Crippen molar-refractivity contribution in [3.05, 3.63) is 48.0 Å². The zero-order valence-electron chi connectivity index (χ0n) is 15.7. The van der Waals surface area contributed by atoms with Crippen LogP contribution in [0.15, 0.2) is 42.5 Å². The molecule has 0 saturated carbocycles. The summed E-state index contributed by atoms with van der Waals surface area (Å²) in [6, 6.07) is 9.43. The van der Waals surface area contributed by atoms with E-state index in [4.69, 9.17) is 14.2 Å². The van der Waals surface area contributed by atoms with Gasteiger partial charge in [0.25, 0.3) is 0 Å². The number of ether oxygens (including phenoxy) is 4. The van der Waals surface area contributed by atoms with Gasteiger partial charge in [0, 0.05) is 12.1 Å². The van der Waals surface area contributed by atoms with Crippen LogP contribution in [0.2, 0.25) is 0 Å². The van der Waals surface area contributed by atoms with Gasteiger partial charge in [-0.1, -0.05) is 6.07 Å². The van der Waals surface area contributed by atoms with E-state index in [9.17, 15) is 13.6 Å². The summed E-state index contributed by atoms with van der Waals surface area (Å²) in [7, 11) is 3.01. The number of hydrogen-bond donors (Lipinski definition) is 1. The maximum absolute atomic E-state index is 12.5. The van der Waals surface area contributed by atoms with E-state index in [0.717, 1.165) is 0 Å². The second kappa shape index (κ2) is 10.1. The van der Waals surface area contributed by atoms with Crippen molar-refractivity contribution < 1.29 is 32.5 Å². The second-order valence-electron chi connectivity index (χ2n) is 5.41. The standard InChI is InChI=1S/C20H21F2NO5/c1-4-27-18-11-13(5-8-17(18)28-20(21)22)6-10-19(24)23-15-12-14(25-2)7-9-16(15)26-3/h5-12,20H,4H2,1-3H3,(H,23,24)/b10-6+. The highest BCUT2D eigenvalue weighted by molar-refractivity contribution is 6.02. The van der Waals surface area contributed by atoms with Crippen molar-refractivity contribution in [1.29, 1.82) is 0 Å². The van der Waals surface area contributed by atoms with E-state index in [-0.39, 0.29) is 18.1 Å². The fraction of sp³-hybridized carbons (Fsp3) is 0.250. The Labute approximate surface area is 161 Å². The zero-order valence-corrected chi connectivity index (χ0v) is 15.7. The van der Waals surface area contributed by atoms with Gasteiger partial charge in [-0.2, -0.15) is 8.78 Å². The first-order valence-electron chi connectivity index (χ1n) is 8.39. The van der Waals surface area contributed by atoms with E-state index >= 15 is 0 Å². The molecule has 0 fully saturated rings. The molecule has 0 radical (unpaired) electrons. The molecule has 0 atom stereocenters.